The van der Waals surface area contributed by atoms with Crippen molar-refractivity contribution in [3.63, 3.8) is 0 Å². The minimum absolute atomic E-state index is 0.119. The number of rotatable bonds is 2. The van der Waals surface area contributed by atoms with Crippen molar-refractivity contribution in [2.24, 2.45) is 0 Å². The van der Waals surface area contributed by atoms with Crippen molar-refractivity contribution in [2.45, 2.75) is 25.3 Å². The molecule has 0 aliphatic carbocycles. The van der Waals surface area contributed by atoms with E-state index >= 15 is 0 Å². The lowest BCUT2D eigenvalue weighted by Crippen LogP contribution is -2.19. The van der Waals surface area contributed by atoms with Crippen LogP contribution >= 0.6 is 0 Å². The van der Waals surface area contributed by atoms with Gasteiger partial charge in [-0.1, -0.05) is 6.07 Å². The van der Waals surface area contributed by atoms with Gasteiger partial charge in [-0.25, -0.2) is 0 Å². The Hall–Kier alpha value is -1.75. The first-order chi connectivity index (χ1) is 8.40. The maximum absolute atomic E-state index is 9.32. The fourth-order valence-corrected chi connectivity index (χ4v) is 2.32. The maximum atomic E-state index is 9.32. The van der Waals surface area contributed by atoms with Crippen LogP contribution in [0.5, 0.6) is 0 Å². The molecule has 5 heteroatoms. The zero-order valence-electron chi connectivity index (χ0n) is 9.45. The fraction of sp³-hybridized carbons (Fsp3) is 0.417. The molecule has 0 fully saturated rings. The van der Waals surface area contributed by atoms with Crippen molar-refractivity contribution >= 4 is 0 Å². The second-order valence-electron chi connectivity index (χ2n) is 4.27. The summed E-state index contributed by atoms with van der Waals surface area (Å²) in [6, 6.07) is 5.75. The van der Waals surface area contributed by atoms with Gasteiger partial charge in [-0.05, 0) is 25.0 Å². The van der Waals surface area contributed by atoms with Crippen molar-refractivity contribution in [1.82, 2.24) is 19.7 Å². The van der Waals surface area contributed by atoms with Crippen LogP contribution in [0, 0.1) is 0 Å². The second kappa shape index (κ2) is 4.25. The summed E-state index contributed by atoms with van der Waals surface area (Å²) >= 11 is 0. The van der Waals surface area contributed by atoms with E-state index in [4.69, 9.17) is 0 Å². The predicted molar refractivity (Wildman–Crippen MR) is 62.3 cm³/mol. The standard InChI is InChI=1S/C12H14N4O/c17-8-9-4-3-7-16-11(9)14-15-12(16)10-5-1-2-6-13-10/h1-2,5-6,9,17H,3-4,7-8H2. The van der Waals surface area contributed by atoms with Crippen LogP contribution in [0.25, 0.3) is 11.5 Å². The molecule has 0 radical (unpaired) electrons. The molecule has 2 aromatic heterocycles. The largest absolute Gasteiger partial charge is 0.396 e. The van der Waals surface area contributed by atoms with Crippen LogP contribution in [0.3, 0.4) is 0 Å². The molecule has 1 aliphatic heterocycles. The molecule has 5 nitrogen and oxygen atoms in total. The summed E-state index contributed by atoms with van der Waals surface area (Å²) in [5.41, 5.74) is 0.838. The first-order valence-electron chi connectivity index (χ1n) is 5.85. The highest BCUT2D eigenvalue weighted by atomic mass is 16.3. The molecule has 0 amide bonds. The molecule has 1 atom stereocenters. The van der Waals surface area contributed by atoms with Crippen LogP contribution in [0.4, 0.5) is 0 Å². The summed E-state index contributed by atoms with van der Waals surface area (Å²) < 4.78 is 2.08. The Morgan fingerprint density at radius 3 is 3.06 bits per heavy atom. The molecule has 1 N–H and O–H groups in total. The summed E-state index contributed by atoms with van der Waals surface area (Å²) in [7, 11) is 0. The zero-order valence-corrected chi connectivity index (χ0v) is 9.45. The summed E-state index contributed by atoms with van der Waals surface area (Å²) in [4.78, 5) is 4.29. The quantitative estimate of drug-likeness (QED) is 0.842. The summed E-state index contributed by atoms with van der Waals surface area (Å²) in [6.07, 6.45) is 3.79. The third kappa shape index (κ3) is 1.72. The highest BCUT2D eigenvalue weighted by Gasteiger charge is 2.25. The Kier molecular flexibility index (Phi) is 2.60. The Morgan fingerprint density at radius 2 is 2.29 bits per heavy atom. The third-order valence-corrected chi connectivity index (χ3v) is 3.19. The lowest BCUT2D eigenvalue weighted by molar-refractivity contribution is 0.238. The van der Waals surface area contributed by atoms with E-state index < -0.39 is 0 Å². The monoisotopic (exact) mass is 230 g/mol. The minimum Gasteiger partial charge on any atom is -0.396 e. The van der Waals surface area contributed by atoms with Gasteiger partial charge < -0.3 is 9.67 Å². The van der Waals surface area contributed by atoms with E-state index in [1.165, 1.54) is 0 Å². The topological polar surface area (TPSA) is 63.8 Å². The molecule has 1 unspecified atom stereocenters. The molecule has 0 saturated carbocycles. The number of hydrogen-bond acceptors (Lipinski definition) is 4. The smallest absolute Gasteiger partial charge is 0.182 e. The van der Waals surface area contributed by atoms with Crippen molar-refractivity contribution in [1.29, 1.82) is 0 Å². The molecule has 0 saturated heterocycles. The average molecular weight is 230 g/mol. The molecule has 0 spiro atoms. The molecule has 88 valence electrons. The van der Waals surface area contributed by atoms with Gasteiger partial charge >= 0.3 is 0 Å². The van der Waals surface area contributed by atoms with Crippen LogP contribution in [0.2, 0.25) is 0 Å². The molecule has 3 rings (SSSR count). The van der Waals surface area contributed by atoms with Gasteiger partial charge in [-0.15, -0.1) is 10.2 Å². The minimum atomic E-state index is 0.119. The van der Waals surface area contributed by atoms with E-state index in [9.17, 15) is 5.11 Å². The van der Waals surface area contributed by atoms with E-state index in [0.29, 0.717) is 0 Å². The lowest BCUT2D eigenvalue weighted by Gasteiger charge is -2.21. The third-order valence-electron chi connectivity index (χ3n) is 3.19. The highest BCUT2D eigenvalue weighted by Crippen LogP contribution is 2.28. The summed E-state index contributed by atoms with van der Waals surface area (Å²) in [5, 5.41) is 17.7. The maximum Gasteiger partial charge on any atom is 0.182 e. The molecule has 0 aromatic carbocycles. The van der Waals surface area contributed by atoms with Gasteiger partial charge in [0.15, 0.2) is 5.82 Å². The van der Waals surface area contributed by atoms with E-state index in [-0.39, 0.29) is 12.5 Å². The lowest BCUT2D eigenvalue weighted by atomic mass is 10.00. The van der Waals surface area contributed by atoms with Gasteiger partial charge in [0.2, 0.25) is 0 Å². The van der Waals surface area contributed by atoms with Crippen LogP contribution in [0.15, 0.2) is 24.4 Å². The van der Waals surface area contributed by atoms with Gasteiger partial charge in [0.05, 0.1) is 6.61 Å². The van der Waals surface area contributed by atoms with Gasteiger partial charge in [0.1, 0.15) is 11.5 Å². The highest BCUT2D eigenvalue weighted by molar-refractivity contribution is 5.49. The van der Waals surface area contributed by atoms with Crippen molar-refractivity contribution < 1.29 is 5.11 Å². The van der Waals surface area contributed by atoms with Crippen LogP contribution < -0.4 is 0 Å². The molecule has 1 aliphatic rings. The van der Waals surface area contributed by atoms with Crippen LogP contribution in [-0.2, 0) is 6.54 Å². The number of hydrogen-bond donors (Lipinski definition) is 1. The number of nitrogens with zero attached hydrogens (tertiary/aromatic N) is 4. The van der Waals surface area contributed by atoms with E-state index in [0.717, 1.165) is 36.7 Å². The first-order valence-corrected chi connectivity index (χ1v) is 5.85. The summed E-state index contributed by atoms with van der Waals surface area (Å²) in [6.45, 7) is 1.05. The molecule has 2 aromatic rings. The first kappa shape index (κ1) is 10.4. The number of pyridine rings is 1. The Labute approximate surface area is 99.1 Å². The normalized spacial score (nSPS) is 19.0. The van der Waals surface area contributed by atoms with Gasteiger partial charge in [-0.3, -0.25) is 4.98 Å². The number of aliphatic hydroxyl groups excluding tert-OH is 1. The summed E-state index contributed by atoms with van der Waals surface area (Å²) in [5.74, 6) is 1.81. The molecular weight excluding hydrogens is 216 g/mol. The average Bonchev–Trinajstić information content (AvgIpc) is 2.83. The van der Waals surface area contributed by atoms with Crippen molar-refractivity contribution in [2.75, 3.05) is 6.61 Å². The Morgan fingerprint density at radius 1 is 1.35 bits per heavy atom. The van der Waals surface area contributed by atoms with Gasteiger partial charge in [-0.2, -0.15) is 0 Å². The van der Waals surface area contributed by atoms with E-state index in [1.54, 1.807) is 6.20 Å². The van der Waals surface area contributed by atoms with Crippen molar-refractivity contribution in [3.05, 3.63) is 30.2 Å². The Balaban J connectivity index is 2.06. The number of aliphatic hydroxyl groups is 1. The van der Waals surface area contributed by atoms with Crippen molar-refractivity contribution in [3.8, 4) is 11.5 Å². The molecular formula is C12H14N4O. The van der Waals surface area contributed by atoms with Gasteiger partial charge in [0, 0.05) is 18.7 Å². The Bertz CT molecular complexity index is 508. The van der Waals surface area contributed by atoms with Gasteiger partial charge in [0.25, 0.3) is 0 Å². The molecule has 3 heterocycles. The number of aromatic nitrogens is 4. The van der Waals surface area contributed by atoms with Crippen LogP contribution in [0.1, 0.15) is 24.6 Å². The fourth-order valence-electron chi connectivity index (χ4n) is 2.32. The van der Waals surface area contributed by atoms with Crippen LogP contribution in [-0.4, -0.2) is 31.5 Å². The van der Waals surface area contributed by atoms with E-state index in [1.807, 2.05) is 18.2 Å². The molecule has 0 bridgehead atoms. The second-order valence-corrected chi connectivity index (χ2v) is 4.27. The number of fused-ring (bicyclic) bond motifs is 1. The zero-order chi connectivity index (χ0) is 11.7. The SMILES string of the molecule is OCC1CCCn2c(-c3ccccn3)nnc21. The predicted octanol–water partition coefficient (Wildman–Crippen LogP) is 1.21. The molecule has 17 heavy (non-hydrogen) atoms. The van der Waals surface area contributed by atoms with E-state index in [2.05, 4.69) is 19.7 Å².